The van der Waals surface area contributed by atoms with Gasteiger partial charge < -0.3 is 14.2 Å². The Morgan fingerprint density at radius 2 is 1.81 bits per heavy atom. The zero-order chi connectivity index (χ0) is 18.9. The zero-order valence-electron chi connectivity index (χ0n) is 15.5. The van der Waals surface area contributed by atoms with Gasteiger partial charge in [0.15, 0.2) is 5.79 Å². The second-order valence-electron chi connectivity index (χ2n) is 7.58. The van der Waals surface area contributed by atoms with Gasteiger partial charge in [-0.05, 0) is 30.1 Å². The molecule has 2 fully saturated rings. The number of ether oxygens (including phenoxy) is 3. The van der Waals surface area contributed by atoms with E-state index < -0.39 is 28.1 Å². The second kappa shape index (κ2) is 7.64. The highest BCUT2D eigenvalue weighted by Crippen LogP contribution is 2.46. The predicted molar refractivity (Wildman–Crippen MR) is 99.5 cm³/mol. The van der Waals surface area contributed by atoms with E-state index in [1.54, 1.807) is 6.08 Å². The molecular weight excluding hydrogens is 368 g/mol. The molecule has 1 aromatic carbocycles. The zero-order valence-corrected chi connectivity index (χ0v) is 16.3. The summed E-state index contributed by atoms with van der Waals surface area (Å²) in [5.74, 6) is -0.606. The molecule has 7 heteroatoms. The predicted octanol–water partition coefficient (Wildman–Crippen LogP) is 2.93. The largest absolute Gasteiger partial charge is 0.372 e. The number of hydrogen-bond donors (Lipinski definition) is 0. The molecule has 0 N–H and O–H groups in total. The SMILES string of the molecule is CS(=O)(=O)O[C@@H]1C=C(COCc2ccccc2)[C@@H]2OC3(CCCCC3)O[C@H]12. The minimum absolute atomic E-state index is 0.314. The topological polar surface area (TPSA) is 71.1 Å². The Hall–Kier alpha value is -1.25. The molecule has 3 aliphatic rings. The van der Waals surface area contributed by atoms with E-state index in [0.717, 1.165) is 43.1 Å². The molecule has 1 aliphatic heterocycles. The lowest BCUT2D eigenvalue weighted by Crippen LogP contribution is -2.36. The van der Waals surface area contributed by atoms with Gasteiger partial charge in [0.05, 0.1) is 19.5 Å². The Bertz CT molecular complexity index is 782. The van der Waals surface area contributed by atoms with E-state index in [0.29, 0.717) is 13.2 Å². The molecule has 0 aromatic heterocycles. The number of fused-ring (bicyclic) bond motifs is 1. The first-order valence-corrected chi connectivity index (χ1v) is 11.3. The van der Waals surface area contributed by atoms with Crippen LogP contribution in [0.5, 0.6) is 0 Å². The summed E-state index contributed by atoms with van der Waals surface area (Å²) < 4.78 is 47.1. The van der Waals surface area contributed by atoms with E-state index in [1.807, 2.05) is 30.3 Å². The fourth-order valence-electron chi connectivity index (χ4n) is 4.16. The summed E-state index contributed by atoms with van der Waals surface area (Å²) in [7, 11) is -3.60. The van der Waals surface area contributed by atoms with Gasteiger partial charge in [-0.25, -0.2) is 0 Å². The number of rotatable bonds is 6. The maximum Gasteiger partial charge on any atom is 0.265 e. The van der Waals surface area contributed by atoms with E-state index in [4.69, 9.17) is 18.4 Å². The Labute approximate surface area is 160 Å². The van der Waals surface area contributed by atoms with Crippen molar-refractivity contribution in [1.82, 2.24) is 0 Å². The lowest BCUT2D eigenvalue weighted by atomic mass is 9.94. The summed E-state index contributed by atoms with van der Waals surface area (Å²) in [6, 6.07) is 9.93. The minimum atomic E-state index is -3.60. The van der Waals surface area contributed by atoms with E-state index in [1.165, 1.54) is 6.42 Å². The fourth-order valence-corrected chi connectivity index (χ4v) is 4.73. The van der Waals surface area contributed by atoms with Crippen LogP contribution in [0.2, 0.25) is 0 Å². The summed E-state index contributed by atoms with van der Waals surface area (Å²) in [6.45, 7) is 0.846. The summed E-state index contributed by atoms with van der Waals surface area (Å²) in [4.78, 5) is 0. The molecule has 1 saturated heterocycles. The fraction of sp³-hybridized carbons (Fsp3) is 0.600. The van der Waals surface area contributed by atoms with Crippen LogP contribution in [-0.2, 0) is 35.1 Å². The maximum atomic E-state index is 11.7. The lowest BCUT2D eigenvalue weighted by molar-refractivity contribution is -0.197. The van der Waals surface area contributed by atoms with Crippen LogP contribution < -0.4 is 0 Å². The van der Waals surface area contributed by atoms with Crippen LogP contribution in [0.4, 0.5) is 0 Å². The first-order valence-electron chi connectivity index (χ1n) is 9.50. The third kappa shape index (κ3) is 4.43. The van der Waals surface area contributed by atoms with Crippen molar-refractivity contribution >= 4 is 10.1 Å². The van der Waals surface area contributed by atoms with Crippen LogP contribution in [0.15, 0.2) is 42.0 Å². The number of hydrogen-bond acceptors (Lipinski definition) is 6. The molecule has 0 unspecified atom stereocenters. The van der Waals surface area contributed by atoms with Crippen molar-refractivity contribution < 1.29 is 26.8 Å². The molecule has 0 bridgehead atoms. The molecule has 1 spiro atoms. The molecule has 3 atom stereocenters. The van der Waals surface area contributed by atoms with Gasteiger partial charge in [-0.2, -0.15) is 8.42 Å². The molecule has 1 saturated carbocycles. The molecule has 4 rings (SSSR count). The van der Waals surface area contributed by atoms with Gasteiger partial charge in [-0.15, -0.1) is 0 Å². The molecule has 148 valence electrons. The molecule has 27 heavy (non-hydrogen) atoms. The van der Waals surface area contributed by atoms with Crippen molar-refractivity contribution in [3.05, 3.63) is 47.5 Å². The Kier molecular flexibility index (Phi) is 5.40. The second-order valence-corrected chi connectivity index (χ2v) is 9.18. The van der Waals surface area contributed by atoms with Crippen LogP contribution in [0, 0.1) is 0 Å². The van der Waals surface area contributed by atoms with Crippen LogP contribution in [0.1, 0.15) is 37.7 Å². The van der Waals surface area contributed by atoms with E-state index in [9.17, 15) is 8.42 Å². The van der Waals surface area contributed by atoms with E-state index in [2.05, 4.69) is 0 Å². The molecule has 1 heterocycles. The summed E-state index contributed by atoms with van der Waals surface area (Å²) >= 11 is 0. The minimum Gasteiger partial charge on any atom is -0.372 e. The van der Waals surface area contributed by atoms with Crippen molar-refractivity contribution in [3.63, 3.8) is 0 Å². The van der Waals surface area contributed by atoms with Gasteiger partial charge >= 0.3 is 0 Å². The highest BCUT2D eigenvalue weighted by molar-refractivity contribution is 7.86. The van der Waals surface area contributed by atoms with Gasteiger partial charge in [-0.3, -0.25) is 4.18 Å². The normalized spacial score (nSPS) is 29.7. The van der Waals surface area contributed by atoms with Crippen LogP contribution in [-0.4, -0.2) is 45.4 Å². The highest BCUT2D eigenvalue weighted by atomic mass is 32.2. The number of benzene rings is 1. The van der Waals surface area contributed by atoms with Crippen molar-refractivity contribution in [1.29, 1.82) is 0 Å². The summed E-state index contributed by atoms with van der Waals surface area (Å²) in [6.07, 6.45) is 6.40. The van der Waals surface area contributed by atoms with Gasteiger partial charge in [0.1, 0.15) is 18.3 Å². The van der Waals surface area contributed by atoms with Gasteiger partial charge in [0.2, 0.25) is 0 Å². The van der Waals surface area contributed by atoms with E-state index >= 15 is 0 Å². The Balaban J connectivity index is 1.46. The average Bonchev–Trinajstić information content (AvgIpc) is 3.12. The van der Waals surface area contributed by atoms with Gasteiger partial charge in [0, 0.05) is 12.8 Å². The van der Waals surface area contributed by atoms with Crippen LogP contribution in [0.3, 0.4) is 0 Å². The Morgan fingerprint density at radius 3 is 2.52 bits per heavy atom. The van der Waals surface area contributed by atoms with Gasteiger partial charge in [0.25, 0.3) is 10.1 Å². The molecule has 0 amide bonds. The van der Waals surface area contributed by atoms with Crippen LogP contribution >= 0.6 is 0 Å². The standard InChI is InChI=1S/C20H26O6S/c1-27(21,22)26-17-12-16(14-23-13-15-8-4-2-5-9-15)18-19(17)25-20(24-18)10-6-3-7-11-20/h2,4-5,8-9,12,17-19H,3,6-7,10-11,13-14H2,1H3/t17-,18+,19-/m1/s1. The first-order chi connectivity index (χ1) is 12.9. The summed E-state index contributed by atoms with van der Waals surface area (Å²) in [5, 5.41) is 0. The van der Waals surface area contributed by atoms with Crippen LogP contribution in [0.25, 0.3) is 0 Å². The smallest absolute Gasteiger partial charge is 0.265 e. The first kappa shape index (κ1) is 19.1. The van der Waals surface area contributed by atoms with Crippen molar-refractivity contribution in [2.75, 3.05) is 12.9 Å². The molecular formula is C20H26O6S. The monoisotopic (exact) mass is 394 g/mol. The Morgan fingerprint density at radius 1 is 1.07 bits per heavy atom. The quantitative estimate of drug-likeness (QED) is 0.546. The van der Waals surface area contributed by atoms with E-state index in [-0.39, 0.29) is 6.10 Å². The van der Waals surface area contributed by atoms with Crippen molar-refractivity contribution in [2.45, 2.75) is 62.8 Å². The van der Waals surface area contributed by atoms with Crippen molar-refractivity contribution in [2.24, 2.45) is 0 Å². The third-order valence-corrected chi connectivity index (χ3v) is 5.91. The molecule has 2 aliphatic carbocycles. The molecule has 6 nitrogen and oxygen atoms in total. The highest BCUT2D eigenvalue weighted by Gasteiger charge is 2.55. The van der Waals surface area contributed by atoms with Crippen molar-refractivity contribution in [3.8, 4) is 0 Å². The third-order valence-electron chi connectivity index (χ3n) is 5.34. The maximum absolute atomic E-state index is 11.7. The lowest BCUT2D eigenvalue weighted by Gasteiger charge is -2.33. The average molecular weight is 394 g/mol. The molecule has 0 radical (unpaired) electrons. The molecule has 1 aromatic rings. The summed E-state index contributed by atoms with van der Waals surface area (Å²) in [5.41, 5.74) is 1.98. The van der Waals surface area contributed by atoms with Gasteiger partial charge in [-0.1, -0.05) is 36.8 Å².